The third kappa shape index (κ3) is 2.95. The zero-order valence-corrected chi connectivity index (χ0v) is 20.2. The van der Waals surface area contributed by atoms with Crippen molar-refractivity contribution < 1.29 is 9.90 Å². The van der Waals surface area contributed by atoms with E-state index in [4.69, 9.17) is 4.98 Å². The highest BCUT2D eigenvalue weighted by Gasteiger charge is 2.50. The van der Waals surface area contributed by atoms with Crippen LogP contribution in [-0.4, -0.2) is 47.1 Å². The molecule has 2 saturated heterocycles. The number of phenolic OH excluding ortho intramolecular Hbond substituents is 1. The molecule has 3 fully saturated rings. The van der Waals surface area contributed by atoms with Crippen LogP contribution in [-0.2, 0) is 4.79 Å². The number of nitriles is 1. The number of anilines is 1. The fraction of sp³-hybridized carbons (Fsp3) is 0.367. The van der Waals surface area contributed by atoms with E-state index < -0.39 is 0 Å². The van der Waals surface area contributed by atoms with Gasteiger partial charge in [-0.2, -0.15) is 5.26 Å². The van der Waals surface area contributed by atoms with E-state index in [1.54, 1.807) is 6.07 Å². The Morgan fingerprint density at radius 2 is 2.00 bits per heavy atom. The smallest absolute Gasteiger partial charge is 0.245 e. The first-order chi connectivity index (χ1) is 17.5. The maximum absolute atomic E-state index is 12.0. The fourth-order valence-corrected chi connectivity index (χ4v) is 7.36. The number of nitrogens with zero attached hydrogens (tertiary/aromatic N) is 4. The van der Waals surface area contributed by atoms with E-state index in [-0.39, 0.29) is 17.1 Å². The second kappa shape index (κ2) is 7.57. The molecule has 1 saturated carbocycles. The lowest BCUT2D eigenvalue weighted by Crippen LogP contribution is -2.59. The van der Waals surface area contributed by atoms with Crippen molar-refractivity contribution in [3.63, 3.8) is 0 Å². The van der Waals surface area contributed by atoms with Crippen LogP contribution >= 0.6 is 0 Å². The number of carbonyl (C=O) groups excluding carboxylic acids is 1. The Morgan fingerprint density at radius 1 is 1.19 bits per heavy atom. The van der Waals surface area contributed by atoms with E-state index in [0.29, 0.717) is 17.4 Å². The number of rotatable bonds is 3. The first-order valence-electron chi connectivity index (χ1n) is 12.9. The highest BCUT2D eigenvalue weighted by atomic mass is 16.3. The summed E-state index contributed by atoms with van der Waals surface area (Å²) in [5, 5.41) is 23.2. The summed E-state index contributed by atoms with van der Waals surface area (Å²) in [6.07, 6.45) is 5.75. The van der Waals surface area contributed by atoms with E-state index >= 15 is 0 Å². The number of fused-ring (bicyclic) bond motifs is 6. The van der Waals surface area contributed by atoms with Crippen molar-refractivity contribution in [1.82, 2.24) is 9.88 Å². The molecule has 6 heteroatoms. The molecule has 1 amide bonds. The van der Waals surface area contributed by atoms with Gasteiger partial charge in [0.15, 0.2) is 0 Å². The van der Waals surface area contributed by atoms with Crippen molar-refractivity contribution in [2.24, 2.45) is 5.41 Å². The second-order valence-corrected chi connectivity index (χ2v) is 11.1. The quantitative estimate of drug-likeness (QED) is 0.534. The van der Waals surface area contributed by atoms with Gasteiger partial charge in [-0.15, -0.1) is 0 Å². The Morgan fingerprint density at radius 3 is 2.81 bits per heavy atom. The average molecular weight is 477 g/mol. The normalized spacial score (nSPS) is 23.1. The van der Waals surface area contributed by atoms with Crippen LogP contribution in [0.25, 0.3) is 21.9 Å². The first-order valence-corrected chi connectivity index (χ1v) is 12.9. The van der Waals surface area contributed by atoms with Crippen molar-refractivity contribution in [2.75, 3.05) is 31.1 Å². The SMILES string of the molecule is C=CC(=O)N1CC2(CCN(c3nc4c(c(-c5cc(O)cc6ccccc56)c3C#N)[C@H]3CC[C@@H]4C3)C2)C1. The van der Waals surface area contributed by atoms with E-state index in [1.807, 2.05) is 29.2 Å². The maximum atomic E-state index is 12.0. The van der Waals surface area contributed by atoms with Crippen molar-refractivity contribution in [1.29, 1.82) is 5.26 Å². The lowest BCUT2D eigenvalue weighted by molar-refractivity contribution is -0.136. The highest BCUT2D eigenvalue weighted by molar-refractivity contribution is 6.01. The molecule has 3 aromatic rings. The molecule has 0 unspecified atom stereocenters. The minimum Gasteiger partial charge on any atom is -0.508 e. The molecule has 0 radical (unpaired) electrons. The van der Waals surface area contributed by atoms with Gasteiger partial charge in [-0.25, -0.2) is 4.98 Å². The van der Waals surface area contributed by atoms with Crippen LogP contribution in [0.3, 0.4) is 0 Å². The predicted octanol–water partition coefficient (Wildman–Crippen LogP) is 5.07. The zero-order valence-electron chi connectivity index (χ0n) is 20.2. The van der Waals surface area contributed by atoms with E-state index in [9.17, 15) is 15.2 Å². The Labute approximate surface area is 210 Å². The number of hydrogen-bond donors (Lipinski definition) is 1. The molecular weight excluding hydrogens is 448 g/mol. The molecule has 180 valence electrons. The molecule has 2 aliphatic carbocycles. The van der Waals surface area contributed by atoms with Crippen molar-refractivity contribution >= 4 is 22.5 Å². The average Bonchev–Trinajstić information content (AvgIpc) is 3.61. The van der Waals surface area contributed by atoms with Gasteiger partial charge < -0.3 is 14.9 Å². The van der Waals surface area contributed by atoms with Crippen molar-refractivity contribution in [3.8, 4) is 22.9 Å². The van der Waals surface area contributed by atoms with Gasteiger partial charge in [-0.05, 0) is 71.7 Å². The maximum Gasteiger partial charge on any atom is 0.245 e. The highest BCUT2D eigenvalue weighted by Crippen LogP contribution is 2.57. The van der Waals surface area contributed by atoms with Gasteiger partial charge in [0.1, 0.15) is 23.2 Å². The molecule has 36 heavy (non-hydrogen) atoms. The molecule has 4 aliphatic rings. The topological polar surface area (TPSA) is 80.5 Å². The Kier molecular flexibility index (Phi) is 4.51. The van der Waals surface area contributed by atoms with Gasteiger partial charge in [0.2, 0.25) is 5.91 Å². The van der Waals surface area contributed by atoms with Gasteiger partial charge in [-0.1, -0.05) is 30.8 Å². The Bertz CT molecular complexity index is 1500. The summed E-state index contributed by atoms with van der Waals surface area (Å²) in [4.78, 5) is 21.4. The Balaban J connectivity index is 1.39. The van der Waals surface area contributed by atoms with Crippen LogP contribution in [0.4, 0.5) is 5.82 Å². The van der Waals surface area contributed by atoms with Crippen molar-refractivity contribution in [3.05, 3.63) is 65.9 Å². The largest absolute Gasteiger partial charge is 0.508 e. The third-order valence-electron chi connectivity index (χ3n) is 8.98. The summed E-state index contributed by atoms with van der Waals surface area (Å²) in [5.74, 6) is 1.84. The molecule has 7 rings (SSSR count). The molecule has 2 bridgehead atoms. The third-order valence-corrected chi connectivity index (χ3v) is 8.98. The number of aromatic nitrogens is 1. The summed E-state index contributed by atoms with van der Waals surface area (Å²) in [6.45, 7) is 6.70. The number of amides is 1. The number of aromatic hydroxyl groups is 1. The Hall–Kier alpha value is -3.85. The van der Waals surface area contributed by atoms with Crippen LogP contribution < -0.4 is 4.90 Å². The predicted molar refractivity (Wildman–Crippen MR) is 139 cm³/mol. The van der Waals surface area contributed by atoms with Crippen molar-refractivity contribution in [2.45, 2.75) is 37.5 Å². The summed E-state index contributed by atoms with van der Waals surface area (Å²) in [7, 11) is 0. The van der Waals surface area contributed by atoms with E-state index in [1.165, 1.54) is 11.6 Å². The standard InChI is InChI=1S/C30H28N4O2/c1-2-25(36)34-16-30(17-34)9-10-33(15-30)29-24(14-31)27(26-19-7-8-20(11-19)28(26)32-29)23-13-21(35)12-18-5-3-4-6-22(18)23/h2-6,12-13,19-20,35H,1,7-11,15-17H2/t19-,20+/m0/s1. The van der Waals surface area contributed by atoms with Gasteiger partial charge in [0.25, 0.3) is 0 Å². The molecule has 1 N–H and O–H groups in total. The molecule has 1 aromatic heterocycles. The van der Waals surface area contributed by atoms with Crippen LogP contribution in [0.2, 0.25) is 0 Å². The van der Waals surface area contributed by atoms with Crippen LogP contribution in [0.1, 0.15) is 54.3 Å². The number of phenols is 1. The molecular formula is C30H28N4O2. The second-order valence-electron chi connectivity index (χ2n) is 11.1. The number of hydrogen-bond acceptors (Lipinski definition) is 5. The molecule has 3 heterocycles. The summed E-state index contributed by atoms with van der Waals surface area (Å²) in [6, 6.07) is 14.2. The summed E-state index contributed by atoms with van der Waals surface area (Å²) >= 11 is 0. The van der Waals surface area contributed by atoms with Gasteiger partial charge in [-0.3, -0.25) is 4.79 Å². The minimum absolute atomic E-state index is 0.0125. The van der Waals surface area contributed by atoms with Gasteiger partial charge in [0, 0.05) is 43.1 Å². The van der Waals surface area contributed by atoms with Crippen LogP contribution in [0, 0.1) is 16.7 Å². The summed E-state index contributed by atoms with van der Waals surface area (Å²) in [5.41, 5.74) is 4.95. The number of carbonyl (C=O) groups is 1. The monoisotopic (exact) mass is 476 g/mol. The lowest BCUT2D eigenvalue weighted by Gasteiger charge is -2.47. The summed E-state index contributed by atoms with van der Waals surface area (Å²) < 4.78 is 0. The lowest BCUT2D eigenvalue weighted by atomic mass is 9.79. The number of pyridine rings is 1. The number of likely N-dealkylation sites (tertiary alicyclic amines) is 1. The molecule has 2 atom stereocenters. The molecule has 2 aromatic carbocycles. The van der Waals surface area contributed by atoms with E-state index in [0.717, 1.165) is 85.3 Å². The minimum atomic E-state index is -0.0125. The zero-order chi connectivity index (χ0) is 24.6. The molecule has 6 nitrogen and oxygen atoms in total. The fourth-order valence-electron chi connectivity index (χ4n) is 7.36. The number of benzene rings is 2. The first kappa shape index (κ1) is 21.4. The van der Waals surface area contributed by atoms with Crippen LogP contribution in [0.5, 0.6) is 5.75 Å². The van der Waals surface area contributed by atoms with E-state index in [2.05, 4.69) is 23.6 Å². The van der Waals surface area contributed by atoms with Gasteiger partial charge >= 0.3 is 0 Å². The van der Waals surface area contributed by atoms with Gasteiger partial charge in [0.05, 0.1) is 5.69 Å². The molecule has 2 aliphatic heterocycles. The molecule has 1 spiro atoms. The van der Waals surface area contributed by atoms with Crippen LogP contribution in [0.15, 0.2) is 49.1 Å².